The average Bonchev–Trinajstić information content (AvgIpc) is 2.40. The molecule has 0 unspecified atom stereocenters. The molecule has 2 aromatic rings. The van der Waals surface area contributed by atoms with E-state index in [2.05, 4.69) is 0 Å². The minimum Gasteiger partial charge on any atom is -0.744 e. The van der Waals surface area contributed by atoms with Crippen LogP contribution in [-0.2, 0) is 32.5 Å². The van der Waals surface area contributed by atoms with Crippen molar-refractivity contribution in [2.75, 3.05) is 0 Å². The van der Waals surface area contributed by atoms with Crippen LogP contribution in [0.4, 0.5) is 0 Å². The molecule has 0 aromatic heterocycles. The number of carbonyl (C=O) groups excluding carboxylic acids is 1. The molecule has 0 saturated carbocycles. The largest absolute Gasteiger partial charge is 1.00 e. The molecule has 8 heteroatoms. The van der Waals surface area contributed by atoms with Gasteiger partial charge in [0.1, 0.15) is 10.1 Å². The number of carbonyl (C=O) groups is 1. The van der Waals surface area contributed by atoms with Crippen LogP contribution in [0.3, 0.4) is 0 Å². The predicted octanol–water partition coefficient (Wildman–Crippen LogP) is -2.05. The second-order valence-corrected chi connectivity index (χ2v) is 5.30. The second kappa shape index (κ2) is 11.2. The Morgan fingerprint density at radius 1 is 0.955 bits per heavy atom. The van der Waals surface area contributed by atoms with E-state index in [-0.39, 0.29) is 62.4 Å². The van der Waals surface area contributed by atoms with E-state index < -0.39 is 16.1 Å². The van der Waals surface area contributed by atoms with Crippen molar-refractivity contribution >= 4 is 16.1 Å². The standard InChI is InChI=1S/C7H8O3S.C7H6O2.Ag.Na/c1-6-2-4-7(5-3-6)11(8,9)10;8-7(9)6-4-2-1-3-5-6;;/h2-5H,1H3,(H,8,9,10);1-5H,(H,8,9);;/q;;2*+1/p-2. The Kier molecular flexibility index (Phi) is 12.1. The molecular formula is C14H12AgNaO5S. The Morgan fingerprint density at radius 3 is 1.73 bits per heavy atom. The molecule has 0 heterocycles. The van der Waals surface area contributed by atoms with Gasteiger partial charge >= 0.3 is 51.9 Å². The number of hydrogen-bond acceptors (Lipinski definition) is 5. The molecule has 2 aromatic carbocycles. The van der Waals surface area contributed by atoms with Crippen molar-refractivity contribution in [3.05, 3.63) is 65.7 Å². The van der Waals surface area contributed by atoms with Crippen LogP contribution in [0.2, 0.25) is 0 Å². The Bertz CT molecular complexity index is 672. The Balaban J connectivity index is 0. The van der Waals surface area contributed by atoms with Gasteiger partial charge < -0.3 is 14.5 Å². The number of aromatic carboxylic acids is 1. The van der Waals surface area contributed by atoms with Crippen molar-refractivity contribution in [3.63, 3.8) is 0 Å². The smallest absolute Gasteiger partial charge is 0.744 e. The van der Waals surface area contributed by atoms with Crippen LogP contribution in [-0.4, -0.2) is 18.9 Å². The van der Waals surface area contributed by atoms with Crippen LogP contribution in [0.15, 0.2) is 59.5 Å². The van der Waals surface area contributed by atoms with Crippen LogP contribution in [0.25, 0.3) is 0 Å². The molecule has 0 bridgehead atoms. The summed E-state index contributed by atoms with van der Waals surface area (Å²) in [5.74, 6) is -1.13. The topological polar surface area (TPSA) is 97.3 Å². The van der Waals surface area contributed by atoms with Crippen molar-refractivity contribution in [1.29, 1.82) is 0 Å². The number of carboxylic acid groups (broad SMARTS) is 1. The van der Waals surface area contributed by atoms with Gasteiger partial charge in [-0.1, -0.05) is 48.0 Å². The fourth-order valence-corrected chi connectivity index (χ4v) is 1.75. The minimum absolute atomic E-state index is 0. The molecule has 0 aliphatic heterocycles. The van der Waals surface area contributed by atoms with E-state index in [9.17, 15) is 22.9 Å². The van der Waals surface area contributed by atoms with Gasteiger partial charge in [0, 0.05) is 0 Å². The second-order valence-electron chi connectivity index (χ2n) is 3.92. The van der Waals surface area contributed by atoms with E-state index in [0.29, 0.717) is 0 Å². The molecule has 0 aliphatic carbocycles. The molecule has 0 radical (unpaired) electrons. The summed E-state index contributed by atoms with van der Waals surface area (Å²) in [7, 11) is -4.27. The van der Waals surface area contributed by atoms with Gasteiger partial charge in [-0.3, -0.25) is 0 Å². The Hall–Kier alpha value is -0.440. The van der Waals surface area contributed by atoms with Crippen LogP contribution >= 0.6 is 0 Å². The molecule has 116 valence electrons. The fourth-order valence-electron chi connectivity index (χ4n) is 1.28. The number of aryl methyl sites for hydroxylation is 1. The van der Waals surface area contributed by atoms with E-state index >= 15 is 0 Å². The summed E-state index contributed by atoms with van der Waals surface area (Å²) in [5.41, 5.74) is 1.15. The zero-order chi connectivity index (χ0) is 15.2. The van der Waals surface area contributed by atoms with Gasteiger partial charge in [0.05, 0.1) is 10.9 Å². The van der Waals surface area contributed by atoms with Gasteiger partial charge in [-0.25, -0.2) is 8.42 Å². The Labute approximate surface area is 167 Å². The summed E-state index contributed by atoms with van der Waals surface area (Å²) in [6, 6.07) is 13.8. The number of rotatable bonds is 2. The first-order valence-electron chi connectivity index (χ1n) is 5.59. The summed E-state index contributed by atoms with van der Waals surface area (Å²) in [6.45, 7) is 1.82. The van der Waals surface area contributed by atoms with Crippen molar-refractivity contribution in [1.82, 2.24) is 0 Å². The molecule has 0 saturated heterocycles. The van der Waals surface area contributed by atoms with Crippen LogP contribution in [0, 0.1) is 6.92 Å². The molecule has 22 heavy (non-hydrogen) atoms. The number of hydrogen-bond donors (Lipinski definition) is 0. The first-order chi connectivity index (χ1) is 9.30. The molecule has 0 fully saturated rings. The Morgan fingerprint density at radius 2 is 1.41 bits per heavy atom. The number of benzene rings is 2. The SMILES string of the molecule is Cc1ccc(S(=O)(=O)[O-])cc1.O=C([O-])c1ccccc1.[Ag+].[Na+]. The van der Waals surface area contributed by atoms with Crippen molar-refractivity contribution in [2.24, 2.45) is 0 Å². The van der Waals surface area contributed by atoms with E-state index in [0.717, 1.165) is 5.56 Å². The van der Waals surface area contributed by atoms with Gasteiger partial charge in [0.2, 0.25) is 0 Å². The molecule has 5 nitrogen and oxygen atoms in total. The van der Waals surface area contributed by atoms with Gasteiger partial charge in [-0.2, -0.15) is 0 Å². The fraction of sp³-hybridized carbons (Fsp3) is 0.0714. The summed E-state index contributed by atoms with van der Waals surface area (Å²) in [6.07, 6.45) is 0. The van der Waals surface area contributed by atoms with E-state index in [4.69, 9.17) is 0 Å². The van der Waals surface area contributed by atoms with Gasteiger partial charge in [0.25, 0.3) is 0 Å². The molecule has 0 N–H and O–H groups in total. The summed E-state index contributed by atoms with van der Waals surface area (Å²) >= 11 is 0. The summed E-state index contributed by atoms with van der Waals surface area (Å²) < 4.78 is 31.2. The maximum absolute atomic E-state index is 10.4. The zero-order valence-electron chi connectivity index (χ0n) is 11.9. The third-order valence-electron chi connectivity index (χ3n) is 2.32. The van der Waals surface area contributed by atoms with Crippen molar-refractivity contribution in [2.45, 2.75) is 11.8 Å². The van der Waals surface area contributed by atoms with Crippen molar-refractivity contribution < 1.29 is 74.8 Å². The minimum atomic E-state index is -4.27. The quantitative estimate of drug-likeness (QED) is 0.410. The van der Waals surface area contributed by atoms with Crippen LogP contribution < -0.4 is 34.7 Å². The maximum Gasteiger partial charge on any atom is 1.00 e. The third kappa shape index (κ3) is 8.87. The number of carboxylic acids is 1. The molecular weight excluding hydrogens is 411 g/mol. The third-order valence-corrected chi connectivity index (χ3v) is 3.17. The van der Waals surface area contributed by atoms with Gasteiger partial charge in [0.15, 0.2) is 0 Å². The van der Waals surface area contributed by atoms with E-state index in [1.54, 1.807) is 30.3 Å². The first kappa shape index (κ1) is 23.8. The molecule has 0 atom stereocenters. The summed E-state index contributed by atoms with van der Waals surface area (Å²) in [4.78, 5) is 9.91. The normalized spacial score (nSPS) is 9.36. The first-order valence-corrected chi connectivity index (χ1v) is 7.00. The van der Waals surface area contributed by atoms with Crippen molar-refractivity contribution in [3.8, 4) is 0 Å². The predicted molar refractivity (Wildman–Crippen MR) is 69.9 cm³/mol. The molecule has 0 spiro atoms. The molecule has 0 amide bonds. The van der Waals surface area contributed by atoms with E-state index in [1.807, 2.05) is 6.92 Å². The molecule has 0 aliphatic rings. The van der Waals surface area contributed by atoms with Gasteiger partial charge in [-0.15, -0.1) is 0 Å². The maximum atomic E-state index is 10.4. The average molecular weight is 423 g/mol. The van der Waals surface area contributed by atoms with Gasteiger partial charge in [-0.05, 0) is 24.6 Å². The van der Waals surface area contributed by atoms with Crippen LogP contribution in [0.1, 0.15) is 15.9 Å². The monoisotopic (exact) mass is 422 g/mol. The van der Waals surface area contributed by atoms with Crippen LogP contribution in [0.5, 0.6) is 0 Å². The molecule has 2 rings (SSSR count). The summed E-state index contributed by atoms with van der Waals surface area (Å²) in [5, 5.41) is 10.1. The zero-order valence-corrected chi connectivity index (χ0v) is 16.2. The van der Waals surface area contributed by atoms with E-state index in [1.165, 1.54) is 24.3 Å².